The monoisotopic (exact) mass is 295 g/mol. The van der Waals surface area contributed by atoms with Gasteiger partial charge in [-0.25, -0.2) is 8.42 Å². The first kappa shape index (κ1) is 14.6. The Kier molecular flexibility index (Phi) is 4.13. The Balaban J connectivity index is 2.21. The lowest BCUT2D eigenvalue weighted by Gasteiger charge is -2.07. The highest BCUT2D eigenvalue weighted by molar-refractivity contribution is 7.90. The van der Waals surface area contributed by atoms with Crippen molar-refractivity contribution in [2.75, 3.05) is 7.11 Å². The third-order valence-corrected chi connectivity index (χ3v) is 4.64. The zero-order chi connectivity index (χ0) is 14.8. The number of nitrogens with zero attached hydrogens (tertiary/aromatic N) is 1. The van der Waals surface area contributed by atoms with Crippen LogP contribution in [0.25, 0.3) is 0 Å². The molecule has 0 aliphatic heterocycles. The molecule has 20 heavy (non-hydrogen) atoms. The summed E-state index contributed by atoms with van der Waals surface area (Å²) in [5.41, 5.74) is 1.10. The van der Waals surface area contributed by atoms with Crippen molar-refractivity contribution in [1.29, 1.82) is 0 Å². The van der Waals surface area contributed by atoms with Crippen LogP contribution in [-0.4, -0.2) is 20.7 Å². The van der Waals surface area contributed by atoms with Crippen molar-refractivity contribution in [3.63, 3.8) is 0 Å². The Bertz CT molecular complexity index is 671. The van der Waals surface area contributed by atoms with Crippen LogP contribution >= 0.6 is 0 Å². The molecule has 2 aromatic rings. The van der Waals surface area contributed by atoms with Crippen molar-refractivity contribution in [2.24, 2.45) is 0 Å². The molecule has 0 radical (unpaired) electrons. The molecule has 0 N–H and O–H groups in total. The molecule has 108 valence electrons. The minimum atomic E-state index is -3.44. The molecule has 0 spiro atoms. The molecule has 1 aromatic heterocycles. The van der Waals surface area contributed by atoms with E-state index in [0.29, 0.717) is 5.92 Å². The molecule has 0 saturated carbocycles. The average Bonchev–Trinajstić information content (AvgIpc) is 2.85. The zero-order valence-electron chi connectivity index (χ0n) is 11.7. The summed E-state index contributed by atoms with van der Waals surface area (Å²) in [5, 5.41) is 3.59. The van der Waals surface area contributed by atoms with E-state index >= 15 is 0 Å². The third kappa shape index (κ3) is 3.19. The number of ether oxygens (including phenoxy) is 1. The van der Waals surface area contributed by atoms with Gasteiger partial charge in [-0.3, -0.25) is 0 Å². The van der Waals surface area contributed by atoms with E-state index in [0.717, 1.165) is 5.56 Å². The molecular formula is C14H17NO4S. The van der Waals surface area contributed by atoms with Crippen LogP contribution in [0.3, 0.4) is 0 Å². The topological polar surface area (TPSA) is 69.4 Å². The second kappa shape index (κ2) is 5.66. The van der Waals surface area contributed by atoms with Gasteiger partial charge in [0.2, 0.25) is 0 Å². The van der Waals surface area contributed by atoms with Gasteiger partial charge in [0.1, 0.15) is 5.75 Å². The standard InChI is InChI=1S/C14H17NO4S/c1-10(2)11-4-6-13(7-5-11)20(16,17)9-12-8-14(18-3)15-19-12/h4-8,10H,9H2,1-3H3. The van der Waals surface area contributed by atoms with Crippen LogP contribution in [0, 0.1) is 0 Å². The van der Waals surface area contributed by atoms with Crippen molar-refractivity contribution in [3.8, 4) is 5.88 Å². The first-order valence-corrected chi connectivity index (χ1v) is 7.90. The largest absolute Gasteiger partial charge is 0.479 e. The molecule has 0 saturated heterocycles. The van der Waals surface area contributed by atoms with Gasteiger partial charge in [-0.2, -0.15) is 0 Å². The van der Waals surface area contributed by atoms with Crippen LogP contribution < -0.4 is 4.74 Å². The maximum Gasteiger partial charge on any atom is 0.254 e. The molecule has 1 aromatic carbocycles. The first-order chi connectivity index (χ1) is 9.42. The fourth-order valence-electron chi connectivity index (χ4n) is 1.79. The van der Waals surface area contributed by atoms with Gasteiger partial charge in [0.05, 0.1) is 12.0 Å². The highest BCUT2D eigenvalue weighted by atomic mass is 32.2. The molecule has 6 heteroatoms. The molecule has 2 rings (SSSR count). The Hall–Kier alpha value is -1.82. The van der Waals surface area contributed by atoms with Crippen LogP contribution in [0.1, 0.15) is 31.1 Å². The maximum absolute atomic E-state index is 12.3. The molecular weight excluding hydrogens is 278 g/mol. The Morgan fingerprint density at radius 2 is 1.90 bits per heavy atom. The van der Waals surface area contributed by atoms with Crippen molar-refractivity contribution in [1.82, 2.24) is 5.16 Å². The second-order valence-electron chi connectivity index (χ2n) is 4.82. The SMILES string of the molecule is COc1cc(CS(=O)(=O)c2ccc(C(C)C)cc2)on1. The molecule has 1 heterocycles. The van der Waals surface area contributed by atoms with Gasteiger partial charge in [0.25, 0.3) is 5.88 Å². The number of benzene rings is 1. The highest BCUT2D eigenvalue weighted by Gasteiger charge is 2.19. The number of methoxy groups -OCH3 is 1. The van der Waals surface area contributed by atoms with E-state index in [-0.39, 0.29) is 22.3 Å². The zero-order valence-corrected chi connectivity index (χ0v) is 12.5. The lowest BCUT2D eigenvalue weighted by atomic mass is 10.0. The summed E-state index contributed by atoms with van der Waals surface area (Å²) in [6, 6.07) is 8.38. The van der Waals surface area contributed by atoms with Crippen molar-refractivity contribution in [2.45, 2.75) is 30.4 Å². The Morgan fingerprint density at radius 1 is 1.25 bits per heavy atom. The normalized spacial score (nSPS) is 11.8. The van der Waals surface area contributed by atoms with E-state index in [1.54, 1.807) is 12.1 Å². The van der Waals surface area contributed by atoms with Crippen molar-refractivity contribution >= 4 is 9.84 Å². The quantitative estimate of drug-likeness (QED) is 0.848. The smallest absolute Gasteiger partial charge is 0.254 e. The minimum absolute atomic E-state index is 0.232. The second-order valence-corrected chi connectivity index (χ2v) is 6.81. The minimum Gasteiger partial charge on any atom is -0.479 e. The summed E-state index contributed by atoms with van der Waals surface area (Å²) in [4.78, 5) is 0.275. The van der Waals surface area contributed by atoms with Gasteiger partial charge in [-0.15, -0.1) is 0 Å². The van der Waals surface area contributed by atoms with E-state index in [2.05, 4.69) is 19.0 Å². The van der Waals surface area contributed by atoms with Gasteiger partial charge >= 0.3 is 0 Å². The van der Waals surface area contributed by atoms with E-state index < -0.39 is 9.84 Å². The molecule has 0 unspecified atom stereocenters. The third-order valence-electron chi connectivity index (χ3n) is 2.98. The van der Waals surface area contributed by atoms with Gasteiger partial charge < -0.3 is 9.26 Å². The summed E-state index contributed by atoms with van der Waals surface area (Å²) in [5.74, 6) is 0.662. The molecule has 0 aliphatic rings. The average molecular weight is 295 g/mol. The highest BCUT2D eigenvalue weighted by Crippen LogP contribution is 2.21. The van der Waals surface area contributed by atoms with E-state index in [4.69, 9.17) is 9.26 Å². The van der Waals surface area contributed by atoms with Crippen molar-refractivity contribution in [3.05, 3.63) is 41.7 Å². The first-order valence-electron chi connectivity index (χ1n) is 6.24. The van der Waals surface area contributed by atoms with E-state index in [1.807, 2.05) is 12.1 Å². The number of hydrogen-bond acceptors (Lipinski definition) is 5. The predicted octanol–water partition coefficient (Wildman–Crippen LogP) is 2.78. The molecule has 0 atom stereocenters. The van der Waals surface area contributed by atoms with Crippen LogP contribution in [-0.2, 0) is 15.6 Å². The summed E-state index contributed by atoms with van der Waals surface area (Å²) in [6.45, 7) is 4.12. The van der Waals surface area contributed by atoms with Crippen LogP contribution in [0.2, 0.25) is 0 Å². The number of rotatable bonds is 5. The van der Waals surface area contributed by atoms with Crippen LogP contribution in [0.15, 0.2) is 39.8 Å². The van der Waals surface area contributed by atoms with Gasteiger partial charge in [0, 0.05) is 6.07 Å². The number of sulfone groups is 1. The van der Waals surface area contributed by atoms with Gasteiger partial charge in [-0.05, 0) is 28.8 Å². The van der Waals surface area contributed by atoms with Crippen LogP contribution in [0.4, 0.5) is 0 Å². The summed E-state index contributed by atoms with van der Waals surface area (Å²) in [7, 11) is -1.99. The summed E-state index contributed by atoms with van der Waals surface area (Å²) >= 11 is 0. The summed E-state index contributed by atoms with van der Waals surface area (Å²) in [6.07, 6.45) is 0. The lowest BCUT2D eigenvalue weighted by molar-refractivity contribution is 0.330. The Morgan fingerprint density at radius 3 is 2.40 bits per heavy atom. The Labute approximate surface area is 118 Å². The molecule has 5 nitrogen and oxygen atoms in total. The lowest BCUT2D eigenvalue weighted by Crippen LogP contribution is -2.04. The molecule has 0 fully saturated rings. The van der Waals surface area contributed by atoms with Crippen LogP contribution in [0.5, 0.6) is 5.88 Å². The van der Waals surface area contributed by atoms with E-state index in [1.165, 1.54) is 13.2 Å². The van der Waals surface area contributed by atoms with Gasteiger partial charge in [0.15, 0.2) is 15.6 Å². The fraction of sp³-hybridized carbons (Fsp3) is 0.357. The van der Waals surface area contributed by atoms with Crippen molar-refractivity contribution < 1.29 is 17.7 Å². The van der Waals surface area contributed by atoms with Gasteiger partial charge in [-0.1, -0.05) is 26.0 Å². The molecule has 0 aliphatic carbocycles. The predicted molar refractivity (Wildman–Crippen MR) is 74.5 cm³/mol. The number of aromatic nitrogens is 1. The number of hydrogen-bond donors (Lipinski definition) is 0. The van der Waals surface area contributed by atoms with E-state index in [9.17, 15) is 8.42 Å². The summed E-state index contributed by atoms with van der Waals surface area (Å²) < 4.78 is 34.3. The maximum atomic E-state index is 12.3. The molecule has 0 amide bonds. The molecule has 0 bridgehead atoms. The fourth-order valence-corrected chi connectivity index (χ4v) is 3.02.